The Balaban J connectivity index is 1.96. The molecule has 1 heterocycles. The first kappa shape index (κ1) is 12.7. The molecule has 89 valence electrons. The zero-order valence-corrected chi connectivity index (χ0v) is 9.78. The molecule has 1 aromatic rings. The van der Waals surface area contributed by atoms with Crippen LogP contribution in [0, 0.1) is 13.1 Å². The third-order valence-corrected chi connectivity index (χ3v) is 2.65. The van der Waals surface area contributed by atoms with Gasteiger partial charge in [-0.25, -0.2) is 4.98 Å². The molecule has 0 fully saturated rings. The lowest BCUT2D eigenvalue weighted by atomic mass is 10.1. The third-order valence-electron chi connectivity index (χ3n) is 2.65. The highest BCUT2D eigenvalue weighted by atomic mass is 16.4. The summed E-state index contributed by atoms with van der Waals surface area (Å²) in [6.07, 6.45) is 10.2. The number of carbonyl (C=O) groups is 1. The lowest BCUT2D eigenvalue weighted by molar-refractivity contribution is -0.137. The van der Waals surface area contributed by atoms with Gasteiger partial charge in [0.2, 0.25) is 0 Å². The van der Waals surface area contributed by atoms with E-state index in [4.69, 9.17) is 5.11 Å². The Labute approximate surface area is 96.3 Å². The SMILES string of the molecule is Cc1n[c]cn1CCCCCCCC(=O)O. The quantitative estimate of drug-likeness (QED) is 0.688. The van der Waals surface area contributed by atoms with Crippen LogP contribution in [0.3, 0.4) is 0 Å². The summed E-state index contributed by atoms with van der Waals surface area (Å²) >= 11 is 0. The summed E-state index contributed by atoms with van der Waals surface area (Å²) in [5.74, 6) is 0.315. The number of hydrogen-bond donors (Lipinski definition) is 1. The van der Waals surface area contributed by atoms with E-state index < -0.39 is 5.97 Å². The van der Waals surface area contributed by atoms with Gasteiger partial charge in [0.05, 0.1) is 0 Å². The Morgan fingerprint density at radius 3 is 2.69 bits per heavy atom. The highest BCUT2D eigenvalue weighted by Crippen LogP contribution is 2.07. The summed E-state index contributed by atoms with van der Waals surface area (Å²) in [7, 11) is 0. The lowest BCUT2D eigenvalue weighted by Crippen LogP contribution is -1.99. The predicted molar refractivity (Wildman–Crippen MR) is 61.1 cm³/mol. The average molecular weight is 223 g/mol. The summed E-state index contributed by atoms with van der Waals surface area (Å²) in [6.45, 7) is 2.96. The Kier molecular flexibility index (Phi) is 5.61. The van der Waals surface area contributed by atoms with E-state index >= 15 is 0 Å². The molecule has 4 heteroatoms. The number of carboxylic acids is 1. The molecule has 0 aliphatic carbocycles. The molecule has 0 aliphatic heterocycles. The van der Waals surface area contributed by atoms with Gasteiger partial charge in [-0.2, -0.15) is 0 Å². The van der Waals surface area contributed by atoms with Crippen molar-refractivity contribution in [1.29, 1.82) is 0 Å². The fourth-order valence-corrected chi connectivity index (χ4v) is 1.66. The van der Waals surface area contributed by atoms with E-state index in [2.05, 4.69) is 15.7 Å². The number of rotatable bonds is 8. The fourth-order valence-electron chi connectivity index (χ4n) is 1.66. The van der Waals surface area contributed by atoms with Crippen molar-refractivity contribution >= 4 is 5.97 Å². The highest BCUT2D eigenvalue weighted by Gasteiger charge is 1.98. The Morgan fingerprint density at radius 2 is 2.06 bits per heavy atom. The first-order valence-corrected chi connectivity index (χ1v) is 5.82. The first-order valence-electron chi connectivity index (χ1n) is 5.82. The van der Waals surface area contributed by atoms with Gasteiger partial charge in [0.1, 0.15) is 12.0 Å². The van der Waals surface area contributed by atoms with Crippen LogP contribution in [0.1, 0.15) is 44.3 Å². The molecule has 1 radical (unpaired) electrons. The zero-order chi connectivity index (χ0) is 11.8. The van der Waals surface area contributed by atoms with Gasteiger partial charge in [0, 0.05) is 19.2 Å². The minimum atomic E-state index is -0.690. The minimum Gasteiger partial charge on any atom is -0.481 e. The van der Waals surface area contributed by atoms with Gasteiger partial charge in [-0.05, 0) is 19.8 Å². The van der Waals surface area contributed by atoms with E-state index in [1.165, 1.54) is 0 Å². The molecule has 1 aromatic heterocycles. The number of nitrogens with zero attached hydrogens (tertiary/aromatic N) is 2. The van der Waals surface area contributed by atoms with E-state index in [1.54, 1.807) is 0 Å². The van der Waals surface area contributed by atoms with Crippen molar-refractivity contribution in [2.45, 2.75) is 52.0 Å². The Bertz CT molecular complexity index is 321. The van der Waals surface area contributed by atoms with Gasteiger partial charge in [-0.15, -0.1) is 0 Å². The minimum absolute atomic E-state index is 0.301. The molecule has 0 amide bonds. The van der Waals surface area contributed by atoms with E-state index in [1.807, 2.05) is 13.1 Å². The molecule has 0 spiro atoms. The van der Waals surface area contributed by atoms with E-state index in [0.29, 0.717) is 6.42 Å². The topological polar surface area (TPSA) is 55.1 Å². The fraction of sp³-hybridized carbons (Fsp3) is 0.667. The molecular formula is C12H19N2O2. The molecule has 1 N–H and O–H groups in total. The van der Waals surface area contributed by atoms with Crippen LogP contribution in [-0.2, 0) is 11.3 Å². The molecule has 1 rings (SSSR count). The van der Waals surface area contributed by atoms with Gasteiger partial charge < -0.3 is 9.67 Å². The normalized spacial score (nSPS) is 10.6. The van der Waals surface area contributed by atoms with Crippen LogP contribution in [0.25, 0.3) is 0 Å². The van der Waals surface area contributed by atoms with Crippen LogP contribution in [0.5, 0.6) is 0 Å². The Morgan fingerprint density at radius 1 is 1.38 bits per heavy atom. The summed E-state index contributed by atoms with van der Waals surface area (Å²) < 4.78 is 2.09. The first-order chi connectivity index (χ1) is 7.70. The van der Waals surface area contributed by atoms with Gasteiger partial charge in [0.25, 0.3) is 0 Å². The van der Waals surface area contributed by atoms with E-state index in [0.717, 1.165) is 44.5 Å². The van der Waals surface area contributed by atoms with E-state index in [9.17, 15) is 4.79 Å². The number of imidazole rings is 1. The summed E-state index contributed by atoms with van der Waals surface area (Å²) in [6, 6.07) is 0. The van der Waals surface area contributed by atoms with Crippen LogP contribution in [-0.4, -0.2) is 20.6 Å². The largest absolute Gasteiger partial charge is 0.481 e. The van der Waals surface area contributed by atoms with Crippen molar-refractivity contribution in [3.05, 3.63) is 18.2 Å². The predicted octanol–water partition coefficient (Wildman–Crippen LogP) is 2.42. The van der Waals surface area contributed by atoms with Crippen molar-refractivity contribution in [3.63, 3.8) is 0 Å². The van der Waals surface area contributed by atoms with Gasteiger partial charge in [-0.1, -0.05) is 19.3 Å². The van der Waals surface area contributed by atoms with Crippen molar-refractivity contribution < 1.29 is 9.90 Å². The van der Waals surface area contributed by atoms with Crippen molar-refractivity contribution in [1.82, 2.24) is 9.55 Å². The number of unbranched alkanes of at least 4 members (excludes halogenated alkanes) is 4. The molecule has 0 aliphatic rings. The monoisotopic (exact) mass is 223 g/mol. The Hall–Kier alpha value is -1.32. The molecule has 0 saturated carbocycles. The molecule has 0 atom stereocenters. The van der Waals surface area contributed by atoms with Crippen LogP contribution < -0.4 is 0 Å². The molecule has 0 aromatic carbocycles. The van der Waals surface area contributed by atoms with E-state index in [-0.39, 0.29) is 0 Å². The summed E-state index contributed by atoms with van der Waals surface area (Å²) in [4.78, 5) is 14.3. The standard InChI is InChI=1S/C12H19N2O2/c1-11-13-8-10-14(11)9-6-4-2-3-5-7-12(15)16/h10H,2-7,9H2,1H3,(H,15,16). The average Bonchev–Trinajstić information content (AvgIpc) is 2.62. The smallest absolute Gasteiger partial charge is 0.303 e. The van der Waals surface area contributed by atoms with Crippen LogP contribution >= 0.6 is 0 Å². The van der Waals surface area contributed by atoms with Gasteiger partial charge in [-0.3, -0.25) is 4.79 Å². The van der Waals surface area contributed by atoms with Crippen molar-refractivity contribution in [3.8, 4) is 0 Å². The van der Waals surface area contributed by atoms with Gasteiger partial charge >= 0.3 is 5.97 Å². The molecule has 0 unspecified atom stereocenters. The molecular weight excluding hydrogens is 204 g/mol. The molecule has 0 bridgehead atoms. The van der Waals surface area contributed by atoms with Crippen LogP contribution in [0.15, 0.2) is 6.20 Å². The van der Waals surface area contributed by atoms with Crippen molar-refractivity contribution in [2.24, 2.45) is 0 Å². The summed E-state index contributed by atoms with van der Waals surface area (Å²) in [5.41, 5.74) is 0. The van der Waals surface area contributed by atoms with Gasteiger partial charge in [0.15, 0.2) is 0 Å². The lowest BCUT2D eigenvalue weighted by Gasteiger charge is -2.04. The van der Waals surface area contributed by atoms with Crippen LogP contribution in [0.4, 0.5) is 0 Å². The maximum absolute atomic E-state index is 10.3. The molecule has 4 nitrogen and oxygen atoms in total. The van der Waals surface area contributed by atoms with Crippen molar-refractivity contribution in [2.75, 3.05) is 0 Å². The van der Waals surface area contributed by atoms with Crippen LogP contribution in [0.2, 0.25) is 0 Å². The second-order valence-electron chi connectivity index (χ2n) is 4.02. The molecule has 16 heavy (non-hydrogen) atoms. The number of aryl methyl sites for hydroxylation is 2. The maximum atomic E-state index is 10.3. The number of aliphatic carboxylic acids is 1. The second-order valence-corrected chi connectivity index (χ2v) is 4.02. The summed E-state index contributed by atoms with van der Waals surface area (Å²) in [5, 5.41) is 8.46. The second kappa shape index (κ2) is 7.04. The zero-order valence-electron chi connectivity index (χ0n) is 9.78. The number of aromatic nitrogens is 2. The highest BCUT2D eigenvalue weighted by molar-refractivity contribution is 5.66. The number of hydrogen-bond acceptors (Lipinski definition) is 2. The molecule has 0 saturated heterocycles. The number of carboxylic acid groups (broad SMARTS) is 1. The third kappa shape index (κ3) is 4.96. The maximum Gasteiger partial charge on any atom is 0.303 e.